The quantitative estimate of drug-likeness (QED) is 0.435. The number of benzene rings is 1. The fourth-order valence-electron chi connectivity index (χ4n) is 1.36. The second kappa shape index (κ2) is 4.65. The monoisotopic (exact) mass is 210 g/mol. The molecule has 0 unspecified atom stereocenters. The van der Waals surface area contributed by atoms with Gasteiger partial charge in [-0.2, -0.15) is 0 Å². The van der Waals surface area contributed by atoms with E-state index in [4.69, 9.17) is 15.3 Å². The molecule has 5 heteroatoms. The average Bonchev–Trinajstić information content (AvgIpc) is 2.26. The van der Waals surface area contributed by atoms with Gasteiger partial charge in [0.2, 0.25) is 0 Å². The van der Waals surface area contributed by atoms with Crippen LogP contribution in [0.3, 0.4) is 0 Å². The first kappa shape index (κ1) is 11.3. The van der Waals surface area contributed by atoms with E-state index in [1.807, 2.05) is 0 Å². The van der Waals surface area contributed by atoms with Crippen molar-refractivity contribution in [2.24, 2.45) is 5.84 Å². The molecule has 0 heterocycles. The van der Waals surface area contributed by atoms with E-state index in [0.717, 1.165) is 5.56 Å². The number of nitrogens with one attached hydrogen (secondary N) is 1. The molecule has 3 N–H and O–H groups in total. The molecule has 0 aliphatic carbocycles. The van der Waals surface area contributed by atoms with Crippen molar-refractivity contribution in [3.63, 3.8) is 0 Å². The van der Waals surface area contributed by atoms with Crippen molar-refractivity contribution in [1.82, 2.24) is 5.43 Å². The van der Waals surface area contributed by atoms with Gasteiger partial charge in [0.1, 0.15) is 11.5 Å². The van der Waals surface area contributed by atoms with Gasteiger partial charge in [-0.3, -0.25) is 10.2 Å². The minimum Gasteiger partial charge on any atom is -0.497 e. The van der Waals surface area contributed by atoms with E-state index in [2.05, 4.69) is 5.43 Å². The van der Waals surface area contributed by atoms with Gasteiger partial charge in [-0.05, 0) is 18.6 Å². The van der Waals surface area contributed by atoms with E-state index >= 15 is 0 Å². The Kier molecular flexibility index (Phi) is 3.51. The molecule has 1 aromatic carbocycles. The average molecular weight is 210 g/mol. The molecule has 0 bridgehead atoms. The van der Waals surface area contributed by atoms with Crippen LogP contribution in [0.1, 0.15) is 15.9 Å². The minimum absolute atomic E-state index is 0.382. The smallest absolute Gasteiger partial charge is 0.269 e. The molecule has 1 amide bonds. The molecule has 0 spiro atoms. The molecule has 82 valence electrons. The number of rotatable bonds is 3. The fraction of sp³-hybridized carbons (Fsp3) is 0.300. The highest BCUT2D eigenvalue weighted by atomic mass is 16.5. The van der Waals surface area contributed by atoms with Crippen molar-refractivity contribution in [2.75, 3.05) is 14.2 Å². The normalized spacial score (nSPS) is 9.60. The molecule has 15 heavy (non-hydrogen) atoms. The highest BCUT2D eigenvalue weighted by Gasteiger charge is 2.15. The molecule has 0 fully saturated rings. The van der Waals surface area contributed by atoms with Crippen LogP contribution in [0.5, 0.6) is 11.5 Å². The highest BCUT2D eigenvalue weighted by Crippen LogP contribution is 2.27. The summed E-state index contributed by atoms with van der Waals surface area (Å²) in [5, 5.41) is 0. The van der Waals surface area contributed by atoms with Gasteiger partial charge < -0.3 is 9.47 Å². The van der Waals surface area contributed by atoms with Crippen LogP contribution in [0, 0.1) is 6.92 Å². The summed E-state index contributed by atoms with van der Waals surface area (Å²) in [5.74, 6) is 5.77. The number of hydrogen-bond acceptors (Lipinski definition) is 4. The maximum absolute atomic E-state index is 11.5. The van der Waals surface area contributed by atoms with Crippen LogP contribution < -0.4 is 20.7 Å². The molecule has 0 aromatic heterocycles. The fourth-order valence-corrected chi connectivity index (χ4v) is 1.36. The van der Waals surface area contributed by atoms with Crippen LogP contribution in [0.4, 0.5) is 0 Å². The van der Waals surface area contributed by atoms with E-state index in [9.17, 15) is 4.79 Å². The molecule has 1 aromatic rings. The SMILES string of the molecule is COc1cc(C)c(C(=O)NN)c(OC)c1. The van der Waals surface area contributed by atoms with Crippen molar-refractivity contribution in [2.45, 2.75) is 6.92 Å². The van der Waals surface area contributed by atoms with Gasteiger partial charge >= 0.3 is 0 Å². The Balaban J connectivity index is 3.30. The summed E-state index contributed by atoms with van der Waals surface area (Å²) in [6, 6.07) is 3.38. The van der Waals surface area contributed by atoms with E-state index in [0.29, 0.717) is 17.1 Å². The molecule has 5 nitrogen and oxygen atoms in total. The summed E-state index contributed by atoms with van der Waals surface area (Å²) in [4.78, 5) is 11.5. The molecule has 0 atom stereocenters. The summed E-state index contributed by atoms with van der Waals surface area (Å²) < 4.78 is 10.2. The van der Waals surface area contributed by atoms with Crippen molar-refractivity contribution < 1.29 is 14.3 Å². The molecule has 0 aliphatic rings. The number of ether oxygens (including phenoxy) is 2. The number of nitrogens with two attached hydrogens (primary N) is 1. The van der Waals surface area contributed by atoms with Gasteiger partial charge in [0.05, 0.1) is 19.8 Å². The lowest BCUT2D eigenvalue weighted by atomic mass is 10.1. The van der Waals surface area contributed by atoms with Crippen LogP contribution in [-0.2, 0) is 0 Å². The minimum atomic E-state index is -0.382. The summed E-state index contributed by atoms with van der Waals surface area (Å²) >= 11 is 0. The number of methoxy groups -OCH3 is 2. The first-order valence-corrected chi connectivity index (χ1v) is 4.37. The summed E-state index contributed by atoms with van der Waals surface area (Å²) in [5.41, 5.74) is 3.24. The van der Waals surface area contributed by atoms with Crippen LogP contribution in [-0.4, -0.2) is 20.1 Å². The van der Waals surface area contributed by atoms with Crippen molar-refractivity contribution in [3.8, 4) is 11.5 Å². The maximum atomic E-state index is 11.5. The lowest BCUT2D eigenvalue weighted by Gasteiger charge is -2.12. The number of nitrogen functional groups attached to an aromatic ring is 1. The van der Waals surface area contributed by atoms with Gasteiger partial charge in [0.25, 0.3) is 5.91 Å². The predicted molar refractivity (Wildman–Crippen MR) is 55.9 cm³/mol. The van der Waals surface area contributed by atoms with Crippen molar-refractivity contribution in [3.05, 3.63) is 23.3 Å². The first-order chi connectivity index (χ1) is 7.13. The van der Waals surface area contributed by atoms with Gasteiger partial charge in [0, 0.05) is 6.07 Å². The number of aryl methyl sites for hydroxylation is 1. The molecule has 0 saturated carbocycles. The number of hydrazine groups is 1. The summed E-state index contributed by atoms with van der Waals surface area (Å²) in [6.45, 7) is 1.79. The molecule has 0 aliphatic heterocycles. The second-order valence-corrected chi connectivity index (χ2v) is 3.00. The van der Waals surface area contributed by atoms with E-state index in [-0.39, 0.29) is 5.91 Å². The number of amides is 1. The van der Waals surface area contributed by atoms with E-state index < -0.39 is 0 Å². The van der Waals surface area contributed by atoms with E-state index in [1.165, 1.54) is 7.11 Å². The first-order valence-electron chi connectivity index (χ1n) is 4.37. The van der Waals surface area contributed by atoms with Crippen LogP contribution in [0.15, 0.2) is 12.1 Å². The van der Waals surface area contributed by atoms with Gasteiger partial charge in [-0.25, -0.2) is 5.84 Å². The second-order valence-electron chi connectivity index (χ2n) is 3.00. The number of hydrogen-bond donors (Lipinski definition) is 2. The third-order valence-electron chi connectivity index (χ3n) is 2.09. The number of carbonyl (C=O) groups excluding carboxylic acids is 1. The Morgan fingerprint density at radius 1 is 1.33 bits per heavy atom. The Bertz CT molecular complexity index is 377. The lowest BCUT2D eigenvalue weighted by Crippen LogP contribution is -2.31. The highest BCUT2D eigenvalue weighted by molar-refractivity contribution is 5.98. The lowest BCUT2D eigenvalue weighted by molar-refractivity contribution is 0.0950. The summed E-state index contributed by atoms with van der Waals surface area (Å²) in [7, 11) is 3.04. The zero-order valence-corrected chi connectivity index (χ0v) is 8.96. The number of carbonyl (C=O) groups is 1. The zero-order valence-electron chi connectivity index (χ0n) is 8.96. The van der Waals surface area contributed by atoms with E-state index in [1.54, 1.807) is 26.2 Å². The maximum Gasteiger partial charge on any atom is 0.269 e. The van der Waals surface area contributed by atoms with Crippen LogP contribution in [0.2, 0.25) is 0 Å². The van der Waals surface area contributed by atoms with Gasteiger partial charge in [-0.1, -0.05) is 0 Å². The Morgan fingerprint density at radius 2 is 2.00 bits per heavy atom. The van der Waals surface area contributed by atoms with Crippen LogP contribution >= 0.6 is 0 Å². The molecular weight excluding hydrogens is 196 g/mol. The molecular formula is C10H14N2O3. The predicted octanol–water partition coefficient (Wildman–Crippen LogP) is 0.616. The topological polar surface area (TPSA) is 73.6 Å². The van der Waals surface area contributed by atoms with Crippen molar-refractivity contribution in [1.29, 1.82) is 0 Å². The molecule has 0 radical (unpaired) electrons. The largest absolute Gasteiger partial charge is 0.497 e. The van der Waals surface area contributed by atoms with Gasteiger partial charge in [-0.15, -0.1) is 0 Å². The third-order valence-corrected chi connectivity index (χ3v) is 2.09. The summed E-state index contributed by atoms with van der Waals surface area (Å²) in [6.07, 6.45) is 0. The Labute approximate surface area is 88.1 Å². The van der Waals surface area contributed by atoms with Gasteiger partial charge in [0.15, 0.2) is 0 Å². The van der Waals surface area contributed by atoms with Crippen LogP contribution in [0.25, 0.3) is 0 Å². The third kappa shape index (κ3) is 2.19. The zero-order chi connectivity index (χ0) is 11.4. The standard InChI is InChI=1S/C10H14N2O3/c1-6-4-7(14-2)5-8(15-3)9(6)10(13)12-11/h4-5H,11H2,1-3H3,(H,12,13). The Morgan fingerprint density at radius 3 is 2.47 bits per heavy atom. The molecule has 1 rings (SSSR count). The molecule has 0 saturated heterocycles. The van der Waals surface area contributed by atoms with Crippen molar-refractivity contribution >= 4 is 5.91 Å². The Hall–Kier alpha value is -1.75.